The molecule has 2 amide bonds. The van der Waals surface area contributed by atoms with Crippen LogP contribution in [0.3, 0.4) is 0 Å². The standard InChI is InChI=1S/C23H27N3O9.C2HF3O2/c1-12(27)34-19-7-5-14(11-20(19)35-23(32)25-2)9-16(22(31)33-3)26-21(30)15(24)8-13-4-6-17(28)18(29)10-13;3-2(4,5)1(6)7/h4-7,10-11,15-16,28-29H,8-9,24H2,1-3H3,(H,25,32)(H,26,30);(H,6,7)/t15-,16-;/m0./s1. The minimum absolute atomic E-state index is 0.00141. The van der Waals surface area contributed by atoms with Crippen molar-refractivity contribution in [2.45, 2.75) is 38.0 Å². The number of nitrogens with one attached hydrogen (secondary N) is 2. The van der Waals surface area contributed by atoms with E-state index in [4.69, 9.17) is 24.1 Å². The lowest BCUT2D eigenvalue weighted by molar-refractivity contribution is -0.403. The molecule has 0 saturated heterocycles. The third-order valence-corrected chi connectivity index (χ3v) is 5.03. The van der Waals surface area contributed by atoms with Crippen LogP contribution in [0.5, 0.6) is 23.0 Å². The Morgan fingerprint density at radius 2 is 1.52 bits per heavy atom. The SMILES string of the molecule is CNC(=O)Oc1cc(C[C@H](NC(=O)[C@@H]([NH3+])Cc2ccc(O)c(O)c2)C(=O)OC)ccc1OC(C)=O.O=C([O-])C(F)(F)F. The average Bonchev–Trinajstić information content (AvgIpc) is 2.90. The van der Waals surface area contributed by atoms with Gasteiger partial charge in [0.25, 0.3) is 5.91 Å². The minimum Gasteiger partial charge on any atom is -0.542 e. The van der Waals surface area contributed by atoms with E-state index in [1.165, 1.54) is 57.5 Å². The highest BCUT2D eigenvalue weighted by Gasteiger charge is 2.29. The fourth-order valence-corrected chi connectivity index (χ4v) is 3.08. The van der Waals surface area contributed by atoms with Gasteiger partial charge in [0.15, 0.2) is 29.0 Å². The van der Waals surface area contributed by atoms with Gasteiger partial charge in [-0.15, -0.1) is 0 Å². The molecule has 0 heterocycles. The molecule has 0 fully saturated rings. The van der Waals surface area contributed by atoms with Crippen LogP contribution in [0.2, 0.25) is 0 Å². The number of benzene rings is 2. The molecule has 0 aromatic heterocycles. The zero-order chi connectivity index (χ0) is 32.2. The van der Waals surface area contributed by atoms with Crippen molar-refractivity contribution in [1.82, 2.24) is 10.6 Å². The van der Waals surface area contributed by atoms with Crippen molar-refractivity contribution in [3.05, 3.63) is 47.5 Å². The molecule has 2 atom stereocenters. The second kappa shape index (κ2) is 15.7. The molecule has 2 rings (SSSR count). The highest BCUT2D eigenvalue weighted by Crippen LogP contribution is 2.29. The zero-order valence-electron chi connectivity index (χ0n) is 22.4. The van der Waals surface area contributed by atoms with Crippen molar-refractivity contribution < 1.29 is 72.4 Å². The van der Waals surface area contributed by atoms with Crippen molar-refractivity contribution in [1.29, 1.82) is 0 Å². The van der Waals surface area contributed by atoms with Gasteiger partial charge in [0.1, 0.15) is 12.0 Å². The first-order valence-corrected chi connectivity index (χ1v) is 11.7. The molecule has 0 aliphatic carbocycles. The maximum Gasteiger partial charge on any atom is 0.430 e. The fourth-order valence-electron chi connectivity index (χ4n) is 3.08. The monoisotopic (exact) mass is 603 g/mol. The Labute approximate surface area is 236 Å². The molecule has 17 heteroatoms. The summed E-state index contributed by atoms with van der Waals surface area (Å²) in [5.41, 5.74) is 4.83. The number of carbonyl (C=O) groups excluding carboxylic acids is 5. The molecule has 7 N–H and O–H groups in total. The number of halogens is 3. The van der Waals surface area contributed by atoms with E-state index in [-0.39, 0.29) is 35.8 Å². The van der Waals surface area contributed by atoms with Crippen LogP contribution in [-0.2, 0) is 36.8 Å². The molecule has 0 bridgehead atoms. The number of aliphatic carboxylic acids is 1. The topological polar surface area (TPSA) is 228 Å². The van der Waals surface area contributed by atoms with Gasteiger partial charge < -0.3 is 50.7 Å². The van der Waals surface area contributed by atoms with E-state index in [1.807, 2.05) is 0 Å². The number of methoxy groups -OCH3 is 1. The third-order valence-electron chi connectivity index (χ3n) is 5.03. The largest absolute Gasteiger partial charge is 0.542 e. The Bertz CT molecular complexity index is 1300. The highest BCUT2D eigenvalue weighted by molar-refractivity contribution is 5.87. The number of aromatic hydroxyl groups is 2. The van der Waals surface area contributed by atoms with Crippen molar-refractivity contribution >= 4 is 29.9 Å². The van der Waals surface area contributed by atoms with Crippen LogP contribution in [0.1, 0.15) is 18.1 Å². The first-order chi connectivity index (χ1) is 19.5. The molecule has 0 aliphatic rings. The van der Waals surface area contributed by atoms with E-state index >= 15 is 0 Å². The van der Waals surface area contributed by atoms with E-state index in [1.54, 1.807) is 0 Å². The van der Waals surface area contributed by atoms with E-state index in [0.29, 0.717) is 11.1 Å². The van der Waals surface area contributed by atoms with E-state index in [9.17, 15) is 42.6 Å². The number of hydrogen-bond donors (Lipinski definition) is 5. The number of carboxylic acids is 1. The Kier molecular flexibility index (Phi) is 13.0. The molecule has 0 saturated carbocycles. The normalized spacial score (nSPS) is 12.0. The lowest BCUT2D eigenvalue weighted by Crippen LogP contribution is -2.69. The summed E-state index contributed by atoms with van der Waals surface area (Å²) in [6, 6.07) is 6.56. The predicted molar refractivity (Wildman–Crippen MR) is 132 cm³/mol. The molecule has 0 spiro atoms. The molecule has 0 aliphatic heterocycles. The number of ether oxygens (including phenoxy) is 3. The summed E-state index contributed by atoms with van der Waals surface area (Å²) >= 11 is 0. The first-order valence-electron chi connectivity index (χ1n) is 11.7. The van der Waals surface area contributed by atoms with Crippen molar-refractivity contribution in [2.24, 2.45) is 0 Å². The van der Waals surface area contributed by atoms with E-state index in [2.05, 4.69) is 16.4 Å². The van der Waals surface area contributed by atoms with Crippen LogP contribution in [0.4, 0.5) is 18.0 Å². The van der Waals surface area contributed by atoms with Crippen LogP contribution in [-0.4, -0.2) is 72.5 Å². The highest BCUT2D eigenvalue weighted by atomic mass is 19.4. The summed E-state index contributed by atoms with van der Waals surface area (Å²) in [6.07, 6.45) is -5.89. The van der Waals surface area contributed by atoms with Gasteiger partial charge in [0.2, 0.25) is 0 Å². The average molecular weight is 604 g/mol. The van der Waals surface area contributed by atoms with Gasteiger partial charge in [-0.1, -0.05) is 12.1 Å². The number of esters is 2. The Hall–Kier alpha value is -5.06. The predicted octanol–water partition coefficient (Wildman–Crippen LogP) is -0.907. The smallest absolute Gasteiger partial charge is 0.430 e. The van der Waals surface area contributed by atoms with Gasteiger partial charge >= 0.3 is 24.2 Å². The number of quaternary nitrogens is 1. The lowest BCUT2D eigenvalue weighted by Gasteiger charge is -2.19. The van der Waals surface area contributed by atoms with Crippen molar-refractivity contribution in [3.63, 3.8) is 0 Å². The van der Waals surface area contributed by atoms with Crippen LogP contribution in [0, 0.1) is 0 Å². The molecule has 0 unspecified atom stereocenters. The first kappa shape index (κ1) is 35.0. The summed E-state index contributed by atoms with van der Waals surface area (Å²) in [5.74, 6) is -5.57. The second-order valence-corrected chi connectivity index (χ2v) is 8.31. The molecule has 0 radical (unpaired) electrons. The maximum atomic E-state index is 12.7. The van der Waals surface area contributed by atoms with Gasteiger partial charge in [0.05, 0.1) is 7.11 Å². The molecular formula is C25H28F3N3O11. The summed E-state index contributed by atoms with van der Waals surface area (Å²) in [7, 11) is 2.53. The Morgan fingerprint density at radius 1 is 0.952 bits per heavy atom. The number of rotatable bonds is 9. The number of carbonyl (C=O) groups is 5. The van der Waals surface area contributed by atoms with Crippen LogP contribution >= 0.6 is 0 Å². The molecule has 2 aromatic carbocycles. The number of phenols is 2. The van der Waals surface area contributed by atoms with Gasteiger partial charge in [-0.05, 0) is 35.4 Å². The summed E-state index contributed by atoms with van der Waals surface area (Å²) < 4.78 is 46.5. The van der Waals surface area contributed by atoms with E-state index < -0.39 is 48.2 Å². The Balaban J connectivity index is 0.00000112. The number of amides is 2. The molecule has 2 aromatic rings. The molecule has 230 valence electrons. The lowest BCUT2D eigenvalue weighted by atomic mass is 10.0. The van der Waals surface area contributed by atoms with Crippen molar-refractivity contribution in [3.8, 4) is 23.0 Å². The number of carboxylic acid groups (broad SMARTS) is 1. The van der Waals surface area contributed by atoms with Crippen LogP contribution < -0.4 is 30.9 Å². The zero-order valence-corrected chi connectivity index (χ0v) is 22.4. The second-order valence-electron chi connectivity index (χ2n) is 8.31. The van der Waals surface area contributed by atoms with Gasteiger partial charge in [0, 0.05) is 26.8 Å². The van der Waals surface area contributed by atoms with E-state index in [0.717, 1.165) is 0 Å². The van der Waals surface area contributed by atoms with Gasteiger partial charge in [-0.2, -0.15) is 13.2 Å². The van der Waals surface area contributed by atoms with Crippen LogP contribution in [0.25, 0.3) is 0 Å². The third kappa shape index (κ3) is 11.6. The number of alkyl halides is 3. The quantitative estimate of drug-likeness (QED) is 0.134. The molecule has 42 heavy (non-hydrogen) atoms. The number of phenolic OH excluding ortho intramolecular Hbond substituents is 2. The maximum absolute atomic E-state index is 12.7. The summed E-state index contributed by atoms with van der Waals surface area (Å²) in [6.45, 7) is 1.19. The van der Waals surface area contributed by atoms with Gasteiger partial charge in [-0.3, -0.25) is 9.59 Å². The molecule has 14 nitrogen and oxygen atoms in total. The number of hydrogen-bond acceptors (Lipinski definition) is 11. The Morgan fingerprint density at radius 3 is 2.02 bits per heavy atom. The summed E-state index contributed by atoms with van der Waals surface area (Å²) in [5, 5.41) is 32.7. The fraction of sp³-hybridized carbons (Fsp3) is 0.320. The minimum atomic E-state index is -5.19. The van der Waals surface area contributed by atoms with Gasteiger partial charge in [-0.25, -0.2) is 9.59 Å². The molecular weight excluding hydrogens is 575 g/mol. The van der Waals surface area contributed by atoms with Crippen LogP contribution in [0.15, 0.2) is 36.4 Å². The summed E-state index contributed by atoms with van der Waals surface area (Å²) in [4.78, 5) is 56.9. The van der Waals surface area contributed by atoms with Crippen molar-refractivity contribution in [2.75, 3.05) is 14.2 Å².